The maximum atomic E-state index is 13.1. The molecule has 128 valence electrons. The Morgan fingerprint density at radius 3 is 2.25 bits per heavy atom. The van der Waals surface area contributed by atoms with E-state index in [0.717, 1.165) is 9.87 Å². The number of hydrogen-bond donors (Lipinski definition) is 1. The van der Waals surface area contributed by atoms with E-state index in [-0.39, 0.29) is 4.90 Å². The Labute approximate surface area is 146 Å². The molecule has 2 aromatic carbocycles. The molecule has 0 saturated heterocycles. The third-order valence-electron chi connectivity index (χ3n) is 3.68. The van der Waals surface area contributed by atoms with E-state index < -0.39 is 22.0 Å². The van der Waals surface area contributed by atoms with Crippen molar-refractivity contribution in [2.75, 3.05) is 4.31 Å². The van der Waals surface area contributed by atoms with Gasteiger partial charge in [-0.15, -0.1) is 0 Å². The van der Waals surface area contributed by atoms with Crippen LogP contribution in [0.1, 0.15) is 18.1 Å². The highest BCUT2D eigenvalue weighted by atomic mass is 35.5. The van der Waals surface area contributed by atoms with Gasteiger partial charge in [-0.2, -0.15) is 0 Å². The monoisotopic (exact) mass is 367 g/mol. The number of sulfonamides is 1. The summed E-state index contributed by atoms with van der Waals surface area (Å²) in [6.07, 6.45) is 0. The van der Waals surface area contributed by atoms with E-state index >= 15 is 0 Å². The van der Waals surface area contributed by atoms with Crippen LogP contribution in [-0.2, 0) is 14.8 Å². The van der Waals surface area contributed by atoms with Crippen LogP contribution in [0.15, 0.2) is 47.4 Å². The second kappa shape index (κ2) is 6.83. The maximum Gasteiger partial charge on any atom is 0.327 e. The first-order valence-corrected chi connectivity index (χ1v) is 9.06. The van der Waals surface area contributed by atoms with Crippen LogP contribution in [0.25, 0.3) is 0 Å². The fraction of sp³-hybridized carbons (Fsp3) is 0.235. The predicted molar refractivity (Wildman–Crippen MR) is 94.1 cm³/mol. The van der Waals surface area contributed by atoms with Gasteiger partial charge in [-0.1, -0.05) is 23.7 Å². The van der Waals surface area contributed by atoms with E-state index in [9.17, 15) is 18.3 Å². The molecule has 0 amide bonds. The minimum absolute atomic E-state index is 0.0130. The third-order valence-corrected chi connectivity index (χ3v) is 5.83. The standard InChI is InChI=1S/C17H18ClNO4S/c1-11-4-5-12(2)16(10-11)19(13(3)17(20)21)24(22,23)15-8-6-14(18)7-9-15/h4-10,13H,1-3H3,(H,20,21). The molecule has 0 radical (unpaired) electrons. The Hall–Kier alpha value is -2.05. The number of halogens is 1. The van der Waals surface area contributed by atoms with Crippen LogP contribution in [-0.4, -0.2) is 25.5 Å². The highest BCUT2D eigenvalue weighted by molar-refractivity contribution is 7.93. The predicted octanol–water partition coefficient (Wildman–Crippen LogP) is 3.63. The van der Waals surface area contributed by atoms with Gasteiger partial charge < -0.3 is 5.11 Å². The van der Waals surface area contributed by atoms with Crippen LogP contribution in [0.5, 0.6) is 0 Å². The molecule has 0 heterocycles. The second-order valence-corrected chi connectivity index (χ2v) is 7.81. The minimum Gasteiger partial charge on any atom is -0.480 e. The zero-order chi connectivity index (χ0) is 18.1. The first kappa shape index (κ1) is 18.3. The van der Waals surface area contributed by atoms with E-state index in [1.165, 1.54) is 31.2 Å². The van der Waals surface area contributed by atoms with E-state index in [4.69, 9.17) is 11.6 Å². The average molecular weight is 368 g/mol. The Bertz CT molecular complexity index is 863. The molecule has 0 fully saturated rings. The number of benzene rings is 2. The van der Waals surface area contributed by atoms with Gasteiger partial charge >= 0.3 is 5.97 Å². The Morgan fingerprint density at radius 2 is 1.71 bits per heavy atom. The molecule has 0 spiro atoms. The molecule has 0 saturated carbocycles. The van der Waals surface area contributed by atoms with Crippen molar-refractivity contribution in [3.8, 4) is 0 Å². The molecule has 2 rings (SSSR count). The fourth-order valence-electron chi connectivity index (χ4n) is 2.32. The van der Waals surface area contributed by atoms with Crippen molar-refractivity contribution >= 4 is 33.3 Å². The summed E-state index contributed by atoms with van der Waals surface area (Å²) in [7, 11) is -4.06. The summed E-state index contributed by atoms with van der Waals surface area (Å²) < 4.78 is 27.1. The number of aliphatic carboxylic acids is 1. The largest absolute Gasteiger partial charge is 0.480 e. The zero-order valence-corrected chi connectivity index (χ0v) is 15.1. The summed E-state index contributed by atoms with van der Waals surface area (Å²) in [5, 5.41) is 9.80. The summed E-state index contributed by atoms with van der Waals surface area (Å²) in [6.45, 7) is 4.91. The Balaban J connectivity index is 2.68. The molecule has 2 aromatic rings. The number of carboxylic acid groups (broad SMARTS) is 1. The SMILES string of the molecule is Cc1ccc(C)c(N(C(C)C(=O)O)S(=O)(=O)c2ccc(Cl)cc2)c1. The van der Waals surface area contributed by atoms with E-state index in [1.54, 1.807) is 19.1 Å². The Morgan fingerprint density at radius 1 is 1.12 bits per heavy atom. The second-order valence-electron chi connectivity index (χ2n) is 5.56. The van der Waals surface area contributed by atoms with Gasteiger partial charge in [0.25, 0.3) is 10.0 Å². The lowest BCUT2D eigenvalue weighted by Gasteiger charge is -2.29. The zero-order valence-electron chi connectivity index (χ0n) is 13.5. The highest BCUT2D eigenvalue weighted by Crippen LogP contribution is 2.30. The lowest BCUT2D eigenvalue weighted by atomic mass is 10.1. The molecule has 7 heteroatoms. The summed E-state index contributed by atoms with van der Waals surface area (Å²) in [6, 6.07) is 9.67. The summed E-state index contributed by atoms with van der Waals surface area (Å²) >= 11 is 5.81. The third kappa shape index (κ3) is 3.55. The molecule has 0 aliphatic heterocycles. The molecule has 0 bridgehead atoms. The fourth-order valence-corrected chi connectivity index (χ4v) is 4.12. The van der Waals surface area contributed by atoms with Crippen molar-refractivity contribution in [2.45, 2.75) is 31.7 Å². The number of anilines is 1. The van der Waals surface area contributed by atoms with Crippen LogP contribution in [0.2, 0.25) is 5.02 Å². The van der Waals surface area contributed by atoms with Crippen LogP contribution in [0.4, 0.5) is 5.69 Å². The Kier molecular flexibility index (Phi) is 5.20. The van der Waals surface area contributed by atoms with Crippen LogP contribution >= 0.6 is 11.6 Å². The minimum atomic E-state index is -4.06. The van der Waals surface area contributed by atoms with Gasteiger partial charge in [0.15, 0.2) is 0 Å². The van der Waals surface area contributed by atoms with Gasteiger partial charge in [-0.05, 0) is 62.2 Å². The van der Waals surface area contributed by atoms with E-state index in [1.807, 2.05) is 13.0 Å². The number of carbonyl (C=O) groups is 1. The maximum absolute atomic E-state index is 13.1. The van der Waals surface area contributed by atoms with Crippen LogP contribution < -0.4 is 4.31 Å². The van der Waals surface area contributed by atoms with E-state index in [0.29, 0.717) is 16.3 Å². The summed E-state index contributed by atoms with van der Waals surface area (Å²) in [5.41, 5.74) is 1.86. The summed E-state index contributed by atoms with van der Waals surface area (Å²) in [5.74, 6) is -1.23. The van der Waals surface area contributed by atoms with Gasteiger partial charge in [0.05, 0.1) is 10.6 Å². The van der Waals surface area contributed by atoms with Gasteiger partial charge in [0, 0.05) is 5.02 Å². The number of aryl methyl sites for hydroxylation is 2. The molecular formula is C17H18ClNO4S. The number of rotatable bonds is 5. The van der Waals surface area contributed by atoms with Gasteiger partial charge in [0.1, 0.15) is 6.04 Å². The first-order valence-electron chi connectivity index (χ1n) is 7.24. The van der Waals surface area contributed by atoms with Crippen LogP contribution in [0.3, 0.4) is 0 Å². The molecule has 1 unspecified atom stereocenters. The molecule has 0 aliphatic rings. The quantitative estimate of drug-likeness (QED) is 0.875. The molecule has 0 aliphatic carbocycles. The van der Waals surface area contributed by atoms with Gasteiger partial charge in [-0.3, -0.25) is 4.31 Å². The van der Waals surface area contributed by atoms with Crippen molar-refractivity contribution in [1.29, 1.82) is 0 Å². The van der Waals surface area contributed by atoms with E-state index in [2.05, 4.69) is 0 Å². The molecular weight excluding hydrogens is 350 g/mol. The lowest BCUT2D eigenvalue weighted by molar-refractivity contribution is -0.137. The summed E-state index contributed by atoms with van der Waals surface area (Å²) in [4.78, 5) is 11.5. The lowest BCUT2D eigenvalue weighted by Crippen LogP contribution is -2.43. The molecule has 5 nitrogen and oxygen atoms in total. The number of hydrogen-bond acceptors (Lipinski definition) is 3. The van der Waals surface area contributed by atoms with Gasteiger partial charge in [-0.25, -0.2) is 13.2 Å². The molecule has 24 heavy (non-hydrogen) atoms. The van der Waals surface area contributed by atoms with Crippen molar-refractivity contribution in [1.82, 2.24) is 0 Å². The smallest absolute Gasteiger partial charge is 0.327 e. The van der Waals surface area contributed by atoms with Crippen molar-refractivity contribution in [3.05, 3.63) is 58.6 Å². The number of carboxylic acids is 1. The molecule has 1 N–H and O–H groups in total. The van der Waals surface area contributed by atoms with Crippen molar-refractivity contribution in [2.24, 2.45) is 0 Å². The average Bonchev–Trinajstić information content (AvgIpc) is 2.51. The normalized spacial score (nSPS) is 12.7. The van der Waals surface area contributed by atoms with Crippen molar-refractivity contribution in [3.63, 3.8) is 0 Å². The van der Waals surface area contributed by atoms with Crippen LogP contribution in [0, 0.1) is 13.8 Å². The molecule has 0 aromatic heterocycles. The number of nitrogens with zero attached hydrogens (tertiary/aromatic N) is 1. The first-order chi connectivity index (χ1) is 11.1. The van der Waals surface area contributed by atoms with Gasteiger partial charge in [0.2, 0.25) is 0 Å². The topological polar surface area (TPSA) is 74.7 Å². The highest BCUT2D eigenvalue weighted by Gasteiger charge is 2.34. The molecule has 1 atom stereocenters. The van der Waals surface area contributed by atoms with Crippen molar-refractivity contribution < 1.29 is 18.3 Å².